The van der Waals surface area contributed by atoms with E-state index in [0.29, 0.717) is 5.56 Å². The fourth-order valence-electron chi connectivity index (χ4n) is 2.96. The van der Waals surface area contributed by atoms with Gasteiger partial charge in [-0.1, -0.05) is 6.07 Å². The summed E-state index contributed by atoms with van der Waals surface area (Å²) in [5.74, 6) is -0.774. The summed E-state index contributed by atoms with van der Waals surface area (Å²) in [5, 5.41) is 10.2. The minimum absolute atomic E-state index is 0.153. The molecule has 0 unspecified atom stereocenters. The normalized spacial score (nSPS) is 21.5. The molecule has 6 nitrogen and oxygen atoms in total. The van der Waals surface area contributed by atoms with E-state index in [4.69, 9.17) is 0 Å². The van der Waals surface area contributed by atoms with Crippen molar-refractivity contribution in [1.29, 1.82) is 0 Å². The number of benzene rings is 1. The highest BCUT2D eigenvalue weighted by Gasteiger charge is 2.37. The number of nitrogens with zero attached hydrogens (tertiary/aromatic N) is 2. The van der Waals surface area contributed by atoms with Crippen LogP contribution in [0.15, 0.2) is 12.1 Å². The van der Waals surface area contributed by atoms with E-state index >= 15 is 0 Å². The van der Waals surface area contributed by atoms with Crippen LogP contribution in [0.25, 0.3) is 0 Å². The molecule has 1 heterocycles. The van der Waals surface area contributed by atoms with E-state index in [9.17, 15) is 18.3 Å². The Kier molecular flexibility index (Phi) is 5.37. The molecule has 0 spiro atoms. The van der Waals surface area contributed by atoms with Crippen LogP contribution in [0.2, 0.25) is 0 Å². The first-order valence-corrected chi connectivity index (χ1v) is 9.59. The molecule has 1 aliphatic heterocycles. The lowest BCUT2D eigenvalue weighted by atomic mass is 10.00. The van der Waals surface area contributed by atoms with Crippen LogP contribution in [0, 0.1) is 26.7 Å². The second kappa shape index (κ2) is 6.82. The quantitative estimate of drug-likeness (QED) is 0.873. The fourth-order valence-corrected chi connectivity index (χ4v) is 4.13. The summed E-state index contributed by atoms with van der Waals surface area (Å²) in [5.41, 5.74) is 3.67. The zero-order valence-electron chi connectivity index (χ0n) is 14.9. The number of carbonyl (C=O) groups excluding carboxylic acids is 1. The molecular formula is C17H26N2O4S. The summed E-state index contributed by atoms with van der Waals surface area (Å²) in [4.78, 5) is 14.3. The van der Waals surface area contributed by atoms with Crippen molar-refractivity contribution in [3.8, 4) is 0 Å². The highest BCUT2D eigenvalue weighted by molar-refractivity contribution is 7.89. The maximum absolute atomic E-state index is 12.8. The number of β-amino-alcohol motifs (C(OH)–C–C–N with tert-alkyl or cyclic N) is 1. The lowest BCUT2D eigenvalue weighted by molar-refractivity contribution is 0.0764. The van der Waals surface area contributed by atoms with E-state index in [0.717, 1.165) is 21.0 Å². The predicted molar refractivity (Wildman–Crippen MR) is 93.5 cm³/mol. The molecule has 0 saturated carbocycles. The number of aliphatic hydroxyl groups excluding tert-OH is 1. The number of carbonyl (C=O) groups is 1. The zero-order valence-corrected chi connectivity index (χ0v) is 15.7. The highest BCUT2D eigenvalue weighted by atomic mass is 32.2. The van der Waals surface area contributed by atoms with Crippen molar-refractivity contribution >= 4 is 15.9 Å². The first kappa shape index (κ1) is 18.9. The van der Waals surface area contributed by atoms with Crippen LogP contribution in [0.1, 0.15) is 27.0 Å². The van der Waals surface area contributed by atoms with Gasteiger partial charge in [0.1, 0.15) is 0 Å². The zero-order chi connectivity index (χ0) is 18.2. The van der Waals surface area contributed by atoms with Crippen LogP contribution in [-0.4, -0.2) is 67.7 Å². The first-order valence-electron chi connectivity index (χ1n) is 7.98. The van der Waals surface area contributed by atoms with Crippen LogP contribution in [0.3, 0.4) is 0 Å². The van der Waals surface area contributed by atoms with Gasteiger partial charge in [-0.15, -0.1) is 0 Å². The number of hydrogen-bond acceptors (Lipinski definition) is 4. The van der Waals surface area contributed by atoms with Gasteiger partial charge in [0.05, 0.1) is 11.9 Å². The third kappa shape index (κ3) is 3.79. The molecule has 1 N–H and O–H groups in total. The van der Waals surface area contributed by atoms with Crippen molar-refractivity contribution in [1.82, 2.24) is 9.21 Å². The van der Waals surface area contributed by atoms with Crippen LogP contribution in [0.5, 0.6) is 0 Å². The maximum Gasteiger partial charge on any atom is 0.254 e. The molecule has 1 aromatic rings. The van der Waals surface area contributed by atoms with E-state index in [2.05, 4.69) is 0 Å². The number of hydrogen-bond donors (Lipinski definition) is 1. The van der Waals surface area contributed by atoms with Gasteiger partial charge in [-0.05, 0) is 43.5 Å². The summed E-state index contributed by atoms with van der Waals surface area (Å²) in [6.45, 7) is 6.26. The summed E-state index contributed by atoms with van der Waals surface area (Å²) < 4.78 is 25.2. The summed E-state index contributed by atoms with van der Waals surface area (Å²) in [6, 6.07) is 3.84. The highest BCUT2D eigenvalue weighted by Crippen LogP contribution is 2.24. The Morgan fingerprint density at radius 1 is 1.17 bits per heavy atom. The molecule has 2 rings (SSSR count). The van der Waals surface area contributed by atoms with E-state index in [1.807, 2.05) is 32.9 Å². The number of likely N-dealkylation sites (tertiary alicyclic amines) is 1. The number of amides is 1. The van der Waals surface area contributed by atoms with Gasteiger partial charge < -0.3 is 10.0 Å². The minimum Gasteiger partial charge on any atom is -0.391 e. The van der Waals surface area contributed by atoms with Gasteiger partial charge in [-0.25, -0.2) is 12.7 Å². The molecule has 1 aromatic carbocycles. The van der Waals surface area contributed by atoms with Crippen molar-refractivity contribution in [3.63, 3.8) is 0 Å². The second-order valence-corrected chi connectivity index (χ2v) is 9.08. The largest absolute Gasteiger partial charge is 0.391 e. The number of aliphatic hydroxyl groups is 1. The Bertz CT molecular complexity index is 743. The van der Waals surface area contributed by atoms with Gasteiger partial charge in [0.25, 0.3) is 5.91 Å². The Morgan fingerprint density at radius 3 is 2.33 bits per heavy atom. The molecule has 0 aliphatic carbocycles. The molecule has 0 bridgehead atoms. The molecule has 1 fully saturated rings. The number of rotatable bonds is 4. The minimum atomic E-state index is -3.41. The van der Waals surface area contributed by atoms with Gasteiger partial charge in [-0.3, -0.25) is 4.79 Å². The standard InChI is InChI=1S/C17H26N2O4S/c1-11-6-13(3)15(7-12(11)2)17(21)19-8-14(16(20)9-19)10-24(22,23)18(4)5/h6-7,14,16,20H,8-10H2,1-5H3/t14-,16+/m0/s1. The monoisotopic (exact) mass is 354 g/mol. The average Bonchev–Trinajstić information content (AvgIpc) is 2.82. The summed E-state index contributed by atoms with van der Waals surface area (Å²) in [6.07, 6.45) is -0.824. The van der Waals surface area contributed by atoms with Gasteiger partial charge in [0, 0.05) is 38.7 Å². The fraction of sp³-hybridized carbons (Fsp3) is 0.588. The van der Waals surface area contributed by atoms with Crippen molar-refractivity contribution in [2.45, 2.75) is 26.9 Å². The summed E-state index contributed by atoms with van der Waals surface area (Å²) >= 11 is 0. The molecule has 1 saturated heterocycles. The molecular weight excluding hydrogens is 328 g/mol. The Hall–Kier alpha value is -1.44. The van der Waals surface area contributed by atoms with E-state index < -0.39 is 22.0 Å². The molecule has 1 aliphatic rings. The van der Waals surface area contributed by atoms with Crippen molar-refractivity contribution in [2.75, 3.05) is 32.9 Å². The second-order valence-electron chi connectivity index (χ2n) is 6.85. The molecule has 134 valence electrons. The molecule has 24 heavy (non-hydrogen) atoms. The third-order valence-corrected chi connectivity index (χ3v) is 6.71. The van der Waals surface area contributed by atoms with E-state index in [1.165, 1.54) is 14.1 Å². The molecule has 7 heteroatoms. The molecule has 1 amide bonds. The molecule has 2 atom stereocenters. The maximum atomic E-state index is 12.8. The van der Waals surface area contributed by atoms with Gasteiger partial charge in [-0.2, -0.15) is 0 Å². The average molecular weight is 354 g/mol. The third-order valence-electron chi connectivity index (χ3n) is 4.75. The van der Waals surface area contributed by atoms with Crippen LogP contribution >= 0.6 is 0 Å². The summed E-state index contributed by atoms with van der Waals surface area (Å²) in [7, 11) is -0.473. The Morgan fingerprint density at radius 2 is 1.75 bits per heavy atom. The lowest BCUT2D eigenvalue weighted by Gasteiger charge is -2.19. The smallest absolute Gasteiger partial charge is 0.254 e. The predicted octanol–water partition coefficient (Wildman–Crippen LogP) is 0.936. The van der Waals surface area contributed by atoms with Crippen LogP contribution in [-0.2, 0) is 10.0 Å². The Labute approximate surface area is 144 Å². The lowest BCUT2D eigenvalue weighted by Crippen LogP contribution is -2.33. The topological polar surface area (TPSA) is 77.9 Å². The van der Waals surface area contributed by atoms with E-state index in [1.54, 1.807) is 4.90 Å². The molecule has 0 aromatic heterocycles. The van der Waals surface area contributed by atoms with Gasteiger partial charge in [0.2, 0.25) is 10.0 Å². The van der Waals surface area contributed by atoms with E-state index in [-0.39, 0.29) is 24.7 Å². The van der Waals surface area contributed by atoms with Crippen molar-refractivity contribution in [3.05, 3.63) is 34.4 Å². The van der Waals surface area contributed by atoms with Gasteiger partial charge >= 0.3 is 0 Å². The molecule has 0 radical (unpaired) electrons. The number of aryl methyl sites for hydroxylation is 3. The van der Waals surface area contributed by atoms with Gasteiger partial charge in [0.15, 0.2) is 0 Å². The van der Waals surface area contributed by atoms with Crippen LogP contribution in [0.4, 0.5) is 0 Å². The van der Waals surface area contributed by atoms with Crippen molar-refractivity contribution < 1.29 is 18.3 Å². The first-order chi connectivity index (χ1) is 11.0. The SMILES string of the molecule is Cc1cc(C)c(C(=O)N2C[C@@H](CS(=O)(=O)N(C)C)[C@H](O)C2)cc1C. The Balaban J connectivity index is 2.18. The number of sulfonamides is 1. The van der Waals surface area contributed by atoms with Crippen molar-refractivity contribution in [2.24, 2.45) is 5.92 Å². The van der Waals surface area contributed by atoms with Crippen LogP contribution < -0.4 is 0 Å².